The van der Waals surface area contributed by atoms with Gasteiger partial charge in [-0.15, -0.1) is 0 Å². The first-order chi connectivity index (χ1) is 9.26. The first-order valence-electron chi connectivity index (χ1n) is 6.15. The number of benzene rings is 1. The minimum absolute atomic E-state index is 0.468. The maximum absolute atomic E-state index is 6.03. The highest BCUT2D eigenvalue weighted by atomic mass is 35.5. The smallest absolute Gasteiger partial charge is 0.133 e. The van der Waals surface area contributed by atoms with E-state index in [0.29, 0.717) is 5.15 Å². The van der Waals surface area contributed by atoms with Gasteiger partial charge in [0.25, 0.3) is 0 Å². The van der Waals surface area contributed by atoms with Crippen molar-refractivity contribution in [1.29, 1.82) is 0 Å². The molecule has 4 heteroatoms. The summed E-state index contributed by atoms with van der Waals surface area (Å²) in [5.74, 6) is 0.746. The van der Waals surface area contributed by atoms with Gasteiger partial charge in [0.05, 0.1) is 11.2 Å². The standard InChI is InChI=1S/C15H12ClN3/c1-2-15-18-13(8-14(16)19-15)11-7-10-5-3-4-6-12(10)17-9-11/h3-9H,2H2,1H3. The van der Waals surface area contributed by atoms with Gasteiger partial charge in [-0.3, -0.25) is 4.98 Å². The summed E-state index contributed by atoms with van der Waals surface area (Å²) in [7, 11) is 0. The molecule has 0 saturated carbocycles. The molecule has 94 valence electrons. The SMILES string of the molecule is CCc1nc(Cl)cc(-c2cnc3ccccc3c2)n1. The molecule has 3 aromatic rings. The molecule has 0 bridgehead atoms. The van der Waals surface area contributed by atoms with Gasteiger partial charge in [0.15, 0.2) is 0 Å². The maximum atomic E-state index is 6.03. The zero-order valence-corrected chi connectivity index (χ0v) is 11.2. The highest BCUT2D eigenvalue weighted by Gasteiger charge is 2.06. The summed E-state index contributed by atoms with van der Waals surface area (Å²) < 4.78 is 0. The molecule has 0 amide bonds. The first kappa shape index (κ1) is 12.1. The fourth-order valence-electron chi connectivity index (χ4n) is 1.98. The van der Waals surface area contributed by atoms with Crippen LogP contribution in [0.15, 0.2) is 42.6 Å². The van der Waals surface area contributed by atoms with Gasteiger partial charge in [0.1, 0.15) is 11.0 Å². The highest BCUT2D eigenvalue weighted by molar-refractivity contribution is 6.29. The second kappa shape index (κ2) is 4.94. The number of halogens is 1. The Morgan fingerprint density at radius 2 is 1.95 bits per heavy atom. The van der Waals surface area contributed by atoms with Gasteiger partial charge in [0.2, 0.25) is 0 Å². The third kappa shape index (κ3) is 2.42. The Kier molecular flexibility index (Phi) is 3.13. The van der Waals surface area contributed by atoms with Crippen LogP contribution in [0.5, 0.6) is 0 Å². The number of hydrogen-bond donors (Lipinski definition) is 0. The number of para-hydroxylation sites is 1. The van der Waals surface area contributed by atoms with Crippen LogP contribution in [0.4, 0.5) is 0 Å². The van der Waals surface area contributed by atoms with Crippen LogP contribution in [0.25, 0.3) is 22.2 Å². The fraction of sp³-hybridized carbons (Fsp3) is 0.133. The molecule has 0 unspecified atom stereocenters. The molecule has 1 aromatic carbocycles. The average molecular weight is 270 g/mol. The van der Waals surface area contributed by atoms with E-state index in [4.69, 9.17) is 11.6 Å². The van der Waals surface area contributed by atoms with Crippen molar-refractivity contribution in [3.8, 4) is 11.3 Å². The van der Waals surface area contributed by atoms with Crippen LogP contribution in [0, 0.1) is 0 Å². The van der Waals surface area contributed by atoms with Crippen LogP contribution in [0.3, 0.4) is 0 Å². The van der Waals surface area contributed by atoms with Crippen molar-refractivity contribution >= 4 is 22.5 Å². The molecule has 0 saturated heterocycles. The first-order valence-corrected chi connectivity index (χ1v) is 6.52. The zero-order valence-electron chi connectivity index (χ0n) is 10.5. The van der Waals surface area contributed by atoms with Gasteiger partial charge < -0.3 is 0 Å². The summed E-state index contributed by atoms with van der Waals surface area (Å²) in [5, 5.41) is 1.56. The summed E-state index contributed by atoms with van der Waals surface area (Å²) in [6.07, 6.45) is 2.58. The molecule has 0 N–H and O–H groups in total. The lowest BCUT2D eigenvalue weighted by Crippen LogP contribution is -1.96. The van der Waals surface area contributed by atoms with E-state index in [1.165, 1.54) is 0 Å². The lowest BCUT2D eigenvalue weighted by atomic mass is 10.1. The van der Waals surface area contributed by atoms with Crippen LogP contribution < -0.4 is 0 Å². The summed E-state index contributed by atoms with van der Waals surface area (Å²) in [5.41, 5.74) is 2.75. The Bertz CT molecular complexity index is 740. The van der Waals surface area contributed by atoms with E-state index in [1.807, 2.05) is 37.4 Å². The Morgan fingerprint density at radius 1 is 1.11 bits per heavy atom. The Hall–Kier alpha value is -2.00. The zero-order chi connectivity index (χ0) is 13.2. The predicted molar refractivity (Wildman–Crippen MR) is 77.2 cm³/mol. The number of rotatable bonds is 2. The third-order valence-electron chi connectivity index (χ3n) is 2.94. The Labute approximate surface area is 116 Å². The van der Waals surface area contributed by atoms with Gasteiger partial charge in [-0.05, 0) is 12.1 Å². The molecule has 0 aliphatic heterocycles. The molecular weight excluding hydrogens is 258 g/mol. The lowest BCUT2D eigenvalue weighted by molar-refractivity contribution is 0.943. The van der Waals surface area contributed by atoms with Gasteiger partial charge in [-0.2, -0.15) is 0 Å². The third-order valence-corrected chi connectivity index (χ3v) is 3.14. The van der Waals surface area contributed by atoms with Gasteiger partial charge in [0, 0.05) is 29.6 Å². The number of nitrogens with zero attached hydrogens (tertiary/aromatic N) is 3. The van der Waals surface area contributed by atoms with Crippen LogP contribution in [0.1, 0.15) is 12.7 Å². The molecule has 0 aliphatic carbocycles. The molecule has 0 atom stereocenters. The van der Waals surface area contributed by atoms with E-state index in [1.54, 1.807) is 6.07 Å². The monoisotopic (exact) mass is 269 g/mol. The van der Waals surface area contributed by atoms with Crippen molar-refractivity contribution in [2.24, 2.45) is 0 Å². The van der Waals surface area contributed by atoms with Crippen molar-refractivity contribution in [3.05, 3.63) is 53.6 Å². The van der Waals surface area contributed by atoms with Crippen LogP contribution in [-0.2, 0) is 6.42 Å². The number of pyridine rings is 1. The summed E-state index contributed by atoms with van der Waals surface area (Å²) >= 11 is 6.03. The maximum Gasteiger partial charge on any atom is 0.133 e. The van der Waals surface area contributed by atoms with E-state index in [2.05, 4.69) is 21.0 Å². The Morgan fingerprint density at radius 3 is 2.79 bits per heavy atom. The van der Waals surface area contributed by atoms with Gasteiger partial charge >= 0.3 is 0 Å². The van der Waals surface area contributed by atoms with Gasteiger partial charge in [-0.1, -0.05) is 36.7 Å². The molecule has 0 radical (unpaired) electrons. The van der Waals surface area contributed by atoms with Crippen molar-refractivity contribution < 1.29 is 0 Å². The number of hydrogen-bond acceptors (Lipinski definition) is 3. The predicted octanol–water partition coefficient (Wildman–Crippen LogP) is 3.91. The fourth-order valence-corrected chi connectivity index (χ4v) is 2.18. The molecule has 3 rings (SSSR count). The van der Waals surface area contributed by atoms with Crippen LogP contribution in [-0.4, -0.2) is 15.0 Å². The Balaban J connectivity index is 2.15. The number of aromatic nitrogens is 3. The molecule has 0 aliphatic rings. The molecule has 2 heterocycles. The van der Waals surface area contributed by atoms with Crippen LogP contribution in [0.2, 0.25) is 5.15 Å². The summed E-state index contributed by atoms with van der Waals surface area (Å²) in [4.78, 5) is 13.1. The largest absolute Gasteiger partial charge is 0.256 e. The van der Waals surface area contributed by atoms with Crippen molar-refractivity contribution in [2.75, 3.05) is 0 Å². The molecule has 19 heavy (non-hydrogen) atoms. The minimum Gasteiger partial charge on any atom is -0.256 e. The quantitative estimate of drug-likeness (QED) is 0.662. The molecule has 3 nitrogen and oxygen atoms in total. The normalized spacial score (nSPS) is 10.8. The van der Waals surface area contributed by atoms with E-state index < -0.39 is 0 Å². The molecular formula is C15H12ClN3. The van der Waals surface area contributed by atoms with Crippen molar-refractivity contribution in [2.45, 2.75) is 13.3 Å². The van der Waals surface area contributed by atoms with Crippen LogP contribution >= 0.6 is 11.6 Å². The van der Waals surface area contributed by atoms with Crippen molar-refractivity contribution in [1.82, 2.24) is 15.0 Å². The average Bonchev–Trinajstić information content (AvgIpc) is 2.46. The molecule has 2 aromatic heterocycles. The highest BCUT2D eigenvalue weighted by Crippen LogP contribution is 2.23. The van der Waals surface area contributed by atoms with E-state index >= 15 is 0 Å². The minimum atomic E-state index is 0.468. The lowest BCUT2D eigenvalue weighted by Gasteiger charge is -2.05. The second-order valence-electron chi connectivity index (χ2n) is 4.26. The van der Waals surface area contributed by atoms with E-state index in [0.717, 1.165) is 34.4 Å². The van der Waals surface area contributed by atoms with Crippen molar-refractivity contribution in [3.63, 3.8) is 0 Å². The summed E-state index contributed by atoms with van der Waals surface area (Å²) in [6, 6.07) is 11.8. The van der Waals surface area contributed by atoms with E-state index in [-0.39, 0.29) is 0 Å². The van der Waals surface area contributed by atoms with E-state index in [9.17, 15) is 0 Å². The summed E-state index contributed by atoms with van der Waals surface area (Å²) in [6.45, 7) is 2.01. The number of fused-ring (bicyclic) bond motifs is 1. The van der Waals surface area contributed by atoms with Gasteiger partial charge in [-0.25, -0.2) is 9.97 Å². The topological polar surface area (TPSA) is 38.7 Å². The molecule has 0 spiro atoms. The number of aryl methyl sites for hydroxylation is 1. The molecule has 0 fully saturated rings. The second-order valence-corrected chi connectivity index (χ2v) is 4.65.